The Labute approximate surface area is 184 Å². The van der Waals surface area contributed by atoms with Gasteiger partial charge in [0.05, 0.1) is 5.97 Å². The Kier molecular flexibility index (Phi) is 6.24. The minimum Gasteiger partial charge on any atom is -0.547 e. The smallest absolute Gasteiger partial charge is 0.547 e. The first kappa shape index (κ1) is 21.7. The number of nitrogens with zero attached hydrogens (tertiary/aromatic N) is 1. The van der Waals surface area contributed by atoms with Crippen molar-refractivity contribution >= 4 is 17.1 Å². The zero-order chi connectivity index (χ0) is 20.0. The summed E-state index contributed by atoms with van der Waals surface area (Å²) in [4.78, 5) is 26.9. The molecule has 0 spiro atoms. The van der Waals surface area contributed by atoms with Crippen molar-refractivity contribution < 1.29 is 68.7 Å². The van der Waals surface area contributed by atoms with E-state index in [-0.39, 0.29) is 52.1 Å². The number of aliphatic hydroxyl groups excluding tert-OH is 3. The molecule has 0 saturated carbocycles. The molecule has 1 aliphatic carbocycles. The van der Waals surface area contributed by atoms with E-state index in [2.05, 4.69) is 4.98 Å². The Morgan fingerprint density at radius 3 is 2.55 bits per heavy atom. The molecule has 1 saturated heterocycles. The van der Waals surface area contributed by atoms with Crippen molar-refractivity contribution in [2.24, 2.45) is 0 Å². The SMILES string of the molecule is O=C([O-])[C@H]1O[C@@H](Oc2ccc3nc4ccc(=O)cc-4oc3c2)[C@H](O)[C@@H](O)[C@@H]1O.[Na+]. The van der Waals surface area contributed by atoms with E-state index in [1.807, 2.05) is 0 Å². The average Bonchev–Trinajstić information content (AvgIpc) is 2.66. The van der Waals surface area contributed by atoms with Crippen LogP contribution >= 0.6 is 0 Å². The standard InChI is InChI=1S/C18H15NO9.Na/c20-7-1-3-9-11(5-7)27-12-6-8(2-4-10(12)19-9)26-18-15(23)13(21)14(22)16(28-18)17(24)25;/h1-6,13-16,18,21-23H,(H,24,25);/q;+1/p-1/t13-,14-,15+,16-,18+;/m0./s1. The van der Waals surface area contributed by atoms with Crippen molar-refractivity contribution in [3.05, 3.63) is 46.6 Å². The molecule has 11 heteroatoms. The Morgan fingerprint density at radius 2 is 1.83 bits per heavy atom. The summed E-state index contributed by atoms with van der Waals surface area (Å²) in [5.74, 6) is -1.38. The number of hydrogen-bond acceptors (Lipinski definition) is 10. The van der Waals surface area contributed by atoms with Gasteiger partial charge in [-0.1, -0.05) is 0 Å². The fourth-order valence-corrected chi connectivity index (χ4v) is 2.93. The molecule has 3 aliphatic rings. The second kappa shape index (κ2) is 8.36. The molecule has 2 heterocycles. The van der Waals surface area contributed by atoms with Crippen LogP contribution in [0.5, 0.6) is 5.75 Å². The summed E-state index contributed by atoms with van der Waals surface area (Å²) in [7, 11) is 0. The Morgan fingerprint density at radius 1 is 1.07 bits per heavy atom. The van der Waals surface area contributed by atoms with Crippen molar-refractivity contribution in [2.45, 2.75) is 30.7 Å². The molecule has 4 rings (SSSR count). The fourth-order valence-electron chi connectivity index (χ4n) is 2.93. The minimum atomic E-state index is -1.88. The summed E-state index contributed by atoms with van der Waals surface area (Å²) in [5, 5.41) is 40.5. The summed E-state index contributed by atoms with van der Waals surface area (Å²) in [6.45, 7) is 0. The van der Waals surface area contributed by atoms with Gasteiger partial charge in [-0.3, -0.25) is 4.79 Å². The summed E-state index contributed by atoms with van der Waals surface area (Å²) >= 11 is 0. The Balaban J connectivity index is 0.00000240. The number of aliphatic carboxylic acids is 1. The second-order valence-electron chi connectivity index (χ2n) is 6.31. The van der Waals surface area contributed by atoms with E-state index in [1.54, 1.807) is 6.07 Å². The molecule has 1 fully saturated rings. The number of benzene rings is 2. The molecule has 0 radical (unpaired) electrons. The third-order valence-corrected chi connectivity index (χ3v) is 4.38. The number of rotatable bonds is 3. The van der Waals surface area contributed by atoms with E-state index >= 15 is 0 Å². The van der Waals surface area contributed by atoms with Crippen molar-refractivity contribution in [1.82, 2.24) is 4.98 Å². The van der Waals surface area contributed by atoms with E-state index in [9.17, 15) is 30.0 Å². The molecule has 1 aromatic rings. The number of carbonyl (C=O) groups excluding carboxylic acids is 1. The molecule has 146 valence electrons. The third kappa shape index (κ3) is 4.14. The Hall–Kier alpha value is -2.05. The number of fused-ring (bicyclic) bond motifs is 2. The molecular formula is C18H14NNaO9. The van der Waals surface area contributed by atoms with E-state index in [1.165, 1.54) is 30.3 Å². The van der Waals surface area contributed by atoms with Gasteiger partial charge in [0.1, 0.15) is 41.4 Å². The summed E-state index contributed by atoms with van der Waals surface area (Å²) < 4.78 is 16.1. The van der Waals surface area contributed by atoms with Crippen LogP contribution in [0.15, 0.2) is 45.6 Å². The first-order valence-electron chi connectivity index (χ1n) is 8.25. The minimum absolute atomic E-state index is 0. The van der Waals surface area contributed by atoms with E-state index in [0.29, 0.717) is 11.2 Å². The maximum absolute atomic E-state index is 11.5. The van der Waals surface area contributed by atoms with Gasteiger partial charge in [-0.15, -0.1) is 0 Å². The van der Waals surface area contributed by atoms with Gasteiger partial charge in [-0.25, -0.2) is 4.98 Å². The first-order chi connectivity index (χ1) is 13.3. The van der Waals surface area contributed by atoms with Crippen molar-refractivity contribution in [3.8, 4) is 17.2 Å². The normalized spacial score (nSPS) is 26.8. The van der Waals surface area contributed by atoms with Crippen LogP contribution in [0.3, 0.4) is 0 Å². The van der Waals surface area contributed by atoms with Crippen molar-refractivity contribution in [2.75, 3.05) is 0 Å². The van der Waals surface area contributed by atoms with Crippen LogP contribution in [0.4, 0.5) is 0 Å². The van der Waals surface area contributed by atoms with E-state index < -0.39 is 36.7 Å². The number of hydrogen-bond donors (Lipinski definition) is 3. The van der Waals surface area contributed by atoms with Gasteiger partial charge in [0.2, 0.25) is 6.29 Å². The maximum Gasteiger partial charge on any atom is 1.00 e. The van der Waals surface area contributed by atoms with Gasteiger partial charge < -0.3 is 39.1 Å². The number of aliphatic hydroxyl groups is 3. The number of carbonyl (C=O) groups is 1. The zero-order valence-corrected chi connectivity index (χ0v) is 17.1. The van der Waals surface area contributed by atoms with Gasteiger partial charge in [-0.05, 0) is 24.3 Å². The molecule has 0 aromatic heterocycles. The average molecular weight is 411 g/mol. The van der Waals surface area contributed by atoms with Crippen LogP contribution in [-0.4, -0.2) is 57.0 Å². The van der Waals surface area contributed by atoms with Crippen LogP contribution in [0.2, 0.25) is 0 Å². The number of carboxylic acids is 1. The van der Waals surface area contributed by atoms with Crippen LogP contribution in [-0.2, 0) is 9.53 Å². The quantitative estimate of drug-likeness (QED) is 0.282. The van der Waals surface area contributed by atoms with E-state index in [4.69, 9.17) is 13.9 Å². The topological polar surface area (TPSA) is 162 Å². The second-order valence-corrected chi connectivity index (χ2v) is 6.31. The summed E-state index contributed by atoms with van der Waals surface area (Å²) in [6, 6.07) is 8.61. The molecule has 10 nitrogen and oxygen atoms in total. The number of carboxylic acid groups (broad SMARTS) is 1. The maximum atomic E-state index is 11.5. The van der Waals surface area contributed by atoms with Gasteiger partial charge >= 0.3 is 29.6 Å². The number of ether oxygens (including phenoxy) is 2. The van der Waals surface area contributed by atoms with Gasteiger partial charge in [-0.2, -0.15) is 0 Å². The monoisotopic (exact) mass is 411 g/mol. The molecule has 3 N–H and O–H groups in total. The number of aromatic nitrogens is 1. The molecule has 0 amide bonds. The largest absolute Gasteiger partial charge is 1.00 e. The van der Waals surface area contributed by atoms with Crippen LogP contribution < -0.4 is 44.8 Å². The first-order valence-corrected chi connectivity index (χ1v) is 8.25. The third-order valence-electron chi connectivity index (χ3n) is 4.38. The van der Waals surface area contributed by atoms with Crippen molar-refractivity contribution in [1.29, 1.82) is 0 Å². The van der Waals surface area contributed by atoms with Crippen LogP contribution in [0.1, 0.15) is 0 Å². The molecule has 1 aromatic carbocycles. The summed E-state index contributed by atoms with van der Waals surface area (Å²) in [5.41, 5.74) is 0.967. The van der Waals surface area contributed by atoms with Gasteiger partial charge in [0.25, 0.3) is 0 Å². The predicted molar refractivity (Wildman–Crippen MR) is 89.2 cm³/mol. The molecule has 2 aliphatic heterocycles. The molecular weight excluding hydrogens is 397 g/mol. The van der Waals surface area contributed by atoms with E-state index in [0.717, 1.165) is 0 Å². The van der Waals surface area contributed by atoms with Gasteiger partial charge in [0.15, 0.2) is 16.8 Å². The summed E-state index contributed by atoms with van der Waals surface area (Å²) in [6.07, 6.45) is -8.86. The van der Waals surface area contributed by atoms with Gasteiger partial charge in [0, 0.05) is 12.1 Å². The Bertz CT molecular complexity index is 1070. The van der Waals surface area contributed by atoms with Crippen LogP contribution in [0, 0.1) is 0 Å². The fraction of sp³-hybridized carbons (Fsp3) is 0.278. The molecule has 29 heavy (non-hydrogen) atoms. The van der Waals surface area contributed by atoms with Crippen molar-refractivity contribution in [3.63, 3.8) is 0 Å². The van der Waals surface area contributed by atoms with Crippen LogP contribution in [0.25, 0.3) is 22.6 Å². The predicted octanol–water partition coefficient (Wildman–Crippen LogP) is -4.77. The zero-order valence-electron chi connectivity index (χ0n) is 15.1. The molecule has 0 bridgehead atoms. The molecule has 5 atom stereocenters. The molecule has 0 unspecified atom stereocenters.